The molecule has 0 aromatic heterocycles. The van der Waals surface area contributed by atoms with Gasteiger partial charge in [-0.05, 0) is 54.3 Å². The molecule has 2 aromatic rings. The normalized spacial score (nSPS) is 16.3. The van der Waals surface area contributed by atoms with Crippen LogP contribution in [0.2, 0.25) is 5.02 Å². The molecule has 1 aliphatic carbocycles. The molecular weight excluding hydrogens is 274 g/mol. The first kappa shape index (κ1) is 13.2. The summed E-state index contributed by atoms with van der Waals surface area (Å²) in [4.78, 5) is 14.8. The van der Waals surface area contributed by atoms with Crippen LogP contribution in [-0.4, -0.2) is 13.2 Å². The quantitative estimate of drug-likeness (QED) is 0.626. The highest BCUT2D eigenvalue weighted by atomic mass is 35.5. The van der Waals surface area contributed by atoms with Crippen LogP contribution in [0.25, 0.3) is 10.8 Å². The minimum Gasteiger partial charge on any atom is -0.496 e. The van der Waals surface area contributed by atoms with E-state index in [9.17, 15) is 4.79 Å². The van der Waals surface area contributed by atoms with Crippen molar-refractivity contribution in [2.24, 2.45) is 4.99 Å². The van der Waals surface area contributed by atoms with Crippen molar-refractivity contribution in [1.29, 1.82) is 0 Å². The molecule has 20 heavy (non-hydrogen) atoms. The molecular formula is C16H14ClNO2. The molecule has 3 rings (SSSR count). The molecule has 0 aliphatic heterocycles. The predicted octanol–water partition coefficient (Wildman–Crippen LogP) is 4.22. The molecule has 0 N–H and O–H groups in total. The van der Waals surface area contributed by atoms with Gasteiger partial charge in [-0.25, -0.2) is 4.79 Å². The van der Waals surface area contributed by atoms with E-state index in [1.165, 1.54) is 0 Å². The smallest absolute Gasteiger partial charge is 0.235 e. The lowest BCUT2D eigenvalue weighted by Crippen LogP contribution is -2.32. The molecule has 0 unspecified atom stereocenters. The SMILES string of the molecule is COc1cc2ccc(Cl)cc2cc1C1(N=C=O)CCC1. The number of benzene rings is 2. The van der Waals surface area contributed by atoms with Crippen molar-refractivity contribution in [1.82, 2.24) is 0 Å². The standard InChI is InChI=1S/C16H14ClNO2/c1-20-15-9-11-3-4-13(17)7-12(11)8-14(15)16(18-10-19)5-2-6-16/h3-4,7-9H,2,5-6H2,1H3. The fraction of sp³-hybridized carbons (Fsp3) is 0.312. The summed E-state index contributed by atoms with van der Waals surface area (Å²) in [6.45, 7) is 0. The van der Waals surface area contributed by atoms with Crippen LogP contribution >= 0.6 is 11.6 Å². The number of hydrogen-bond donors (Lipinski definition) is 0. The molecule has 0 spiro atoms. The molecule has 1 fully saturated rings. The fourth-order valence-electron chi connectivity index (χ4n) is 2.82. The molecule has 0 bridgehead atoms. The van der Waals surface area contributed by atoms with Gasteiger partial charge in [0, 0.05) is 10.6 Å². The van der Waals surface area contributed by atoms with Gasteiger partial charge < -0.3 is 4.74 Å². The number of nitrogens with zero attached hydrogens (tertiary/aromatic N) is 1. The Balaban J connectivity index is 2.25. The minimum absolute atomic E-state index is 0.469. The summed E-state index contributed by atoms with van der Waals surface area (Å²) in [6.07, 6.45) is 4.47. The van der Waals surface area contributed by atoms with E-state index in [0.717, 1.165) is 41.3 Å². The van der Waals surface area contributed by atoms with Gasteiger partial charge in [-0.1, -0.05) is 17.7 Å². The maximum absolute atomic E-state index is 10.8. The average molecular weight is 288 g/mol. The second-order valence-electron chi connectivity index (χ2n) is 5.13. The second kappa shape index (κ2) is 4.93. The minimum atomic E-state index is -0.469. The molecule has 0 atom stereocenters. The van der Waals surface area contributed by atoms with Crippen molar-refractivity contribution in [3.63, 3.8) is 0 Å². The topological polar surface area (TPSA) is 38.7 Å². The van der Waals surface area contributed by atoms with Crippen molar-refractivity contribution < 1.29 is 9.53 Å². The molecule has 3 nitrogen and oxygen atoms in total. The third kappa shape index (κ3) is 2.00. The first-order chi connectivity index (χ1) is 9.68. The Morgan fingerprint density at radius 3 is 2.65 bits per heavy atom. The fourth-order valence-corrected chi connectivity index (χ4v) is 3.00. The van der Waals surface area contributed by atoms with Gasteiger partial charge in [-0.3, -0.25) is 0 Å². The summed E-state index contributed by atoms with van der Waals surface area (Å²) in [5.74, 6) is 0.763. The Bertz CT molecular complexity index is 716. The Morgan fingerprint density at radius 2 is 2.05 bits per heavy atom. The van der Waals surface area contributed by atoms with E-state index < -0.39 is 5.54 Å². The van der Waals surface area contributed by atoms with Crippen LogP contribution in [0.5, 0.6) is 5.75 Å². The van der Waals surface area contributed by atoms with E-state index in [4.69, 9.17) is 16.3 Å². The molecule has 102 valence electrons. The Labute approximate surface area is 122 Å². The first-order valence-corrected chi connectivity index (χ1v) is 6.93. The van der Waals surface area contributed by atoms with Crippen LogP contribution in [0.4, 0.5) is 0 Å². The van der Waals surface area contributed by atoms with Gasteiger partial charge in [0.1, 0.15) is 11.3 Å². The molecule has 2 aromatic carbocycles. The van der Waals surface area contributed by atoms with Gasteiger partial charge in [0.2, 0.25) is 6.08 Å². The van der Waals surface area contributed by atoms with Crippen LogP contribution in [-0.2, 0) is 10.3 Å². The van der Waals surface area contributed by atoms with Crippen molar-refractivity contribution in [2.75, 3.05) is 7.11 Å². The lowest BCUT2D eigenvalue weighted by atomic mass is 9.71. The van der Waals surface area contributed by atoms with Crippen LogP contribution < -0.4 is 4.74 Å². The number of halogens is 1. The zero-order chi connectivity index (χ0) is 14.2. The third-order valence-electron chi connectivity index (χ3n) is 4.06. The van der Waals surface area contributed by atoms with Crippen molar-refractivity contribution in [3.8, 4) is 5.75 Å². The van der Waals surface area contributed by atoms with E-state index in [-0.39, 0.29) is 0 Å². The van der Waals surface area contributed by atoms with Gasteiger partial charge in [-0.2, -0.15) is 4.99 Å². The number of isocyanates is 1. The zero-order valence-corrected chi connectivity index (χ0v) is 11.9. The van der Waals surface area contributed by atoms with Crippen molar-refractivity contribution in [3.05, 3.63) is 40.9 Å². The lowest BCUT2D eigenvalue weighted by molar-refractivity contribution is 0.246. The highest BCUT2D eigenvalue weighted by Crippen LogP contribution is 2.49. The molecule has 0 heterocycles. The van der Waals surface area contributed by atoms with Crippen LogP contribution in [0.3, 0.4) is 0 Å². The molecule has 0 radical (unpaired) electrons. The highest BCUT2D eigenvalue weighted by Gasteiger charge is 2.41. The second-order valence-corrected chi connectivity index (χ2v) is 5.57. The van der Waals surface area contributed by atoms with Crippen LogP contribution in [0.1, 0.15) is 24.8 Å². The molecule has 0 saturated heterocycles. The number of hydrogen-bond acceptors (Lipinski definition) is 3. The summed E-state index contributed by atoms with van der Waals surface area (Å²) in [7, 11) is 1.64. The summed E-state index contributed by atoms with van der Waals surface area (Å²) in [5.41, 5.74) is 0.480. The molecule has 1 saturated carbocycles. The van der Waals surface area contributed by atoms with E-state index >= 15 is 0 Å². The number of methoxy groups -OCH3 is 1. The summed E-state index contributed by atoms with van der Waals surface area (Å²) >= 11 is 6.05. The van der Waals surface area contributed by atoms with Gasteiger partial charge in [0.25, 0.3) is 0 Å². The van der Waals surface area contributed by atoms with E-state index in [1.54, 1.807) is 13.2 Å². The van der Waals surface area contributed by atoms with E-state index in [2.05, 4.69) is 4.99 Å². The molecule has 0 amide bonds. The van der Waals surface area contributed by atoms with Crippen LogP contribution in [0, 0.1) is 0 Å². The maximum atomic E-state index is 10.8. The predicted molar refractivity (Wildman–Crippen MR) is 79.2 cm³/mol. The molecule has 4 heteroatoms. The van der Waals surface area contributed by atoms with Gasteiger partial charge >= 0.3 is 0 Å². The number of ether oxygens (including phenoxy) is 1. The monoisotopic (exact) mass is 287 g/mol. The van der Waals surface area contributed by atoms with Crippen molar-refractivity contribution in [2.45, 2.75) is 24.8 Å². The number of carbonyl (C=O) groups excluding carboxylic acids is 1. The van der Waals surface area contributed by atoms with Gasteiger partial charge in [0.15, 0.2) is 0 Å². The average Bonchev–Trinajstić information content (AvgIpc) is 2.41. The van der Waals surface area contributed by atoms with E-state index in [0.29, 0.717) is 5.02 Å². The molecule has 1 aliphatic rings. The van der Waals surface area contributed by atoms with Crippen molar-refractivity contribution >= 4 is 28.5 Å². The summed E-state index contributed by atoms with van der Waals surface area (Å²) in [5, 5.41) is 2.77. The number of fused-ring (bicyclic) bond motifs is 1. The van der Waals surface area contributed by atoms with E-state index in [1.807, 2.05) is 30.3 Å². The first-order valence-electron chi connectivity index (χ1n) is 6.55. The zero-order valence-electron chi connectivity index (χ0n) is 11.1. The van der Waals surface area contributed by atoms with Gasteiger partial charge in [0.05, 0.1) is 7.11 Å². The highest BCUT2D eigenvalue weighted by molar-refractivity contribution is 6.31. The third-order valence-corrected chi connectivity index (χ3v) is 4.30. The lowest BCUT2D eigenvalue weighted by Gasteiger charge is -2.38. The summed E-state index contributed by atoms with van der Waals surface area (Å²) in [6, 6.07) is 9.73. The number of aliphatic imine (C=N–C) groups is 1. The summed E-state index contributed by atoms with van der Waals surface area (Å²) < 4.78 is 5.49. The maximum Gasteiger partial charge on any atom is 0.235 e. The Morgan fingerprint density at radius 1 is 1.25 bits per heavy atom. The van der Waals surface area contributed by atoms with Gasteiger partial charge in [-0.15, -0.1) is 0 Å². The Hall–Kier alpha value is -1.83. The number of rotatable bonds is 3. The Kier molecular flexibility index (Phi) is 3.25. The van der Waals surface area contributed by atoms with Crippen LogP contribution in [0.15, 0.2) is 35.3 Å². The largest absolute Gasteiger partial charge is 0.496 e.